The summed E-state index contributed by atoms with van der Waals surface area (Å²) in [7, 11) is 1.73. The molecular weight excluding hydrogens is 450 g/mol. The summed E-state index contributed by atoms with van der Waals surface area (Å²) in [6.45, 7) is 2.38. The first kappa shape index (κ1) is 21.3. The summed E-state index contributed by atoms with van der Waals surface area (Å²) in [5.41, 5.74) is 2.98. The number of benzene rings is 1. The molecule has 0 spiro atoms. The maximum atomic E-state index is 13.1. The minimum Gasteiger partial charge on any atom is -0.383 e. The van der Waals surface area contributed by atoms with E-state index in [0.29, 0.717) is 35.4 Å². The van der Waals surface area contributed by atoms with Crippen LogP contribution < -0.4 is 10.6 Å². The molecule has 4 aromatic rings. The maximum absolute atomic E-state index is 13.1. The van der Waals surface area contributed by atoms with Gasteiger partial charge >= 0.3 is 0 Å². The Labute approximate surface area is 200 Å². The SMILES string of the molecule is COCC1CC(Cn2nc(C3=C(c4c[nH]c5sccc45)C(=O)NC3=O)c3ccccc32)CCN1. The van der Waals surface area contributed by atoms with Crippen LogP contribution in [0.2, 0.25) is 0 Å². The predicted octanol–water partition coefficient (Wildman–Crippen LogP) is 3.16. The minimum absolute atomic E-state index is 0.333. The van der Waals surface area contributed by atoms with Crippen molar-refractivity contribution in [3.8, 4) is 0 Å². The standard InChI is InChI=1S/C25H25N5O3S/c1-33-13-15-10-14(6-8-26-15)12-30-19-5-3-2-4-17(19)22(29-30)21-20(23(31)28-24(21)32)18-11-27-25-16(18)7-9-34-25/h2-5,7,9,11,14-15,26-27H,6,8,10,12-13H2,1H3,(H,28,31,32). The zero-order valence-electron chi connectivity index (χ0n) is 18.8. The van der Waals surface area contributed by atoms with Gasteiger partial charge in [0.05, 0.1) is 23.3 Å². The molecule has 1 fully saturated rings. The summed E-state index contributed by atoms with van der Waals surface area (Å²) in [6, 6.07) is 10.2. The quantitative estimate of drug-likeness (QED) is 0.372. The van der Waals surface area contributed by atoms with E-state index in [4.69, 9.17) is 9.84 Å². The predicted molar refractivity (Wildman–Crippen MR) is 132 cm³/mol. The topological polar surface area (TPSA) is 101 Å². The lowest BCUT2D eigenvalue weighted by molar-refractivity contribution is -0.122. The molecule has 2 amide bonds. The number of hydrogen-bond donors (Lipinski definition) is 3. The molecule has 3 N–H and O–H groups in total. The second-order valence-electron chi connectivity index (χ2n) is 8.94. The second kappa shape index (κ2) is 8.50. The first-order valence-electron chi connectivity index (χ1n) is 11.5. The van der Waals surface area contributed by atoms with E-state index in [1.165, 1.54) is 0 Å². The van der Waals surface area contributed by atoms with E-state index in [1.807, 2.05) is 40.4 Å². The van der Waals surface area contributed by atoms with Gasteiger partial charge in [-0.05, 0) is 42.8 Å². The molecule has 6 rings (SSSR count). The molecule has 9 heteroatoms. The summed E-state index contributed by atoms with van der Waals surface area (Å²) >= 11 is 1.57. The number of carbonyl (C=O) groups excluding carboxylic acids is 2. The number of para-hydroxylation sites is 1. The minimum atomic E-state index is -0.401. The largest absolute Gasteiger partial charge is 0.383 e. The fraction of sp³-hybridized carbons (Fsp3) is 0.320. The number of piperidine rings is 1. The molecule has 1 saturated heterocycles. The molecule has 8 nitrogen and oxygen atoms in total. The van der Waals surface area contributed by atoms with Gasteiger partial charge in [0, 0.05) is 42.2 Å². The number of nitrogens with one attached hydrogen (secondary N) is 3. The number of rotatable bonds is 6. The molecule has 2 unspecified atom stereocenters. The third-order valence-corrected chi connectivity index (χ3v) is 7.65. The highest BCUT2D eigenvalue weighted by molar-refractivity contribution is 7.16. The molecular formula is C25H25N5O3S. The molecule has 3 aromatic heterocycles. The van der Waals surface area contributed by atoms with Crippen LogP contribution in [0.1, 0.15) is 24.1 Å². The smallest absolute Gasteiger partial charge is 0.261 e. The van der Waals surface area contributed by atoms with Crippen molar-refractivity contribution < 1.29 is 14.3 Å². The van der Waals surface area contributed by atoms with Gasteiger partial charge in [-0.1, -0.05) is 18.2 Å². The van der Waals surface area contributed by atoms with Crippen LogP contribution >= 0.6 is 11.3 Å². The highest BCUT2D eigenvalue weighted by atomic mass is 32.1. The average molecular weight is 476 g/mol. The molecule has 0 radical (unpaired) electrons. The van der Waals surface area contributed by atoms with Crippen LogP contribution in [0, 0.1) is 5.92 Å². The lowest BCUT2D eigenvalue weighted by Gasteiger charge is -2.30. The van der Waals surface area contributed by atoms with E-state index in [1.54, 1.807) is 24.6 Å². The molecule has 2 atom stereocenters. The number of ether oxygens (including phenoxy) is 1. The number of thiophene rings is 1. The van der Waals surface area contributed by atoms with Crippen molar-refractivity contribution in [3.63, 3.8) is 0 Å². The van der Waals surface area contributed by atoms with Crippen molar-refractivity contribution in [2.24, 2.45) is 5.92 Å². The van der Waals surface area contributed by atoms with E-state index in [9.17, 15) is 9.59 Å². The van der Waals surface area contributed by atoms with Gasteiger partial charge in [-0.15, -0.1) is 11.3 Å². The second-order valence-corrected chi connectivity index (χ2v) is 9.86. The van der Waals surface area contributed by atoms with Crippen LogP contribution in [0.25, 0.3) is 32.3 Å². The molecule has 5 heterocycles. The van der Waals surface area contributed by atoms with Crippen LogP contribution in [0.15, 0.2) is 41.9 Å². The Hall–Kier alpha value is -3.27. The van der Waals surface area contributed by atoms with E-state index < -0.39 is 5.91 Å². The number of carbonyl (C=O) groups is 2. The van der Waals surface area contributed by atoms with Crippen LogP contribution in [-0.4, -0.2) is 52.9 Å². The van der Waals surface area contributed by atoms with Crippen LogP contribution in [-0.2, 0) is 20.9 Å². The number of nitrogens with zero attached hydrogens (tertiary/aromatic N) is 2. The Kier molecular flexibility index (Phi) is 5.32. The van der Waals surface area contributed by atoms with E-state index in [2.05, 4.69) is 15.6 Å². The van der Waals surface area contributed by atoms with E-state index >= 15 is 0 Å². The normalized spacial score (nSPS) is 21.2. The Bertz CT molecular complexity index is 1440. The van der Waals surface area contributed by atoms with Gasteiger partial charge in [0.25, 0.3) is 11.8 Å². The van der Waals surface area contributed by atoms with Crippen molar-refractivity contribution in [1.82, 2.24) is 25.4 Å². The maximum Gasteiger partial charge on any atom is 0.261 e. The molecule has 1 aromatic carbocycles. The van der Waals surface area contributed by atoms with Crippen LogP contribution in [0.3, 0.4) is 0 Å². The van der Waals surface area contributed by atoms with E-state index in [-0.39, 0.29) is 5.91 Å². The van der Waals surface area contributed by atoms with Crippen molar-refractivity contribution in [3.05, 3.63) is 53.2 Å². The van der Waals surface area contributed by atoms with Crippen molar-refractivity contribution >= 4 is 55.4 Å². The molecule has 2 aliphatic rings. The average Bonchev–Trinajstić information content (AvgIpc) is 3.58. The van der Waals surface area contributed by atoms with Crippen molar-refractivity contribution in [2.45, 2.75) is 25.4 Å². The first-order chi connectivity index (χ1) is 16.6. The molecule has 2 aliphatic heterocycles. The zero-order valence-corrected chi connectivity index (χ0v) is 19.6. The summed E-state index contributed by atoms with van der Waals surface area (Å²) in [4.78, 5) is 30.2. The lowest BCUT2D eigenvalue weighted by Crippen LogP contribution is -2.42. The molecule has 174 valence electrons. The number of imide groups is 1. The highest BCUT2D eigenvalue weighted by Crippen LogP contribution is 2.38. The molecule has 0 aliphatic carbocycles. The van der Waals surface area contributed by atoms with Gasteiger partial charge in [-0.2, -0.15) is 5.10 Å². The molecule has 0 bridgehead atoms. The third-order valence-electron chi connectivity index (χ3n) is 6.80. The van der Waals surface area contributed by atoms with Gasteiger partial charge in [0.2, 0.25) is 0 Å². The Morgan fingerprint density at radius 2 is 2.00 bits per heavy atom. The number of methoxy groups -OCH3 is 1. The number of aromatic nitrogens is 3. The van der Waals surface area contributed by atoms with Crippen LogP contribution in [0.4, 0.5) is 0 Å². The van der Waals surface area contributed by atoms with Gasteiger partial charge < -0.3 is 15.0 Å². The molecule has 34 heavy (non-hydrogen) atoms. The number of H-pyrrole nitrogens is 1. The monoisotopic (exact) mass is 475 g/mol. The summed E-state index contributed by atoms with van der Waals surface area (Å²) in [5.74, 6) is -0.339. The fourth-order valence-electron chi connectivity index (χ4n) is 5.28. The van der Waals surface area contributed by atoms with Gasteiger partial charge in [0.1, 0.15) is 10.5 Å². The first-order valence-corrected chi connectivity index (χ1v) is 12.3. The van der Waals surface area contributed by atoms with Crippen molar-refractivity contribution in [1.29, 1.82) is 0 Å². The lowest BCUT2D eigenvalue weighted by atomic mass is 9.93. The van der Waals surface area contributed by atoms with Crippen LogP contribution in [0.5, 0.6) is 0 Å². The van der Waals surface area contributed by atoms with Gasteiger partial charge in [-0.25, -0.2) is 0 Å². The fourth-order valence-corrected chi connectivity index (χ4v) is 6.05. The summed E-state index contributed by atoms with van der Waals surface area (Å²) in [5, 5.41) is 14.7. The van der Waals surface area contributed by atoms with Crippen molar-refractivity contribution in [2.75, 3.05) is 20.3 Å². The number of hydrogen-bond acceptors (Lipinski definition) is 6. The number of fused-ring (bicyclic) bond motifs is 2. The Morgan fingerprint density at radius 1 is 1.15 bits per heavy atom. The number of amides is 2. The van der Waals surface area contributed by atoms with Gasteiger partial charge in [0.15, 0.2) is 0 Å². The summed E-state index contributed by atoms with van der Waals surface area (Å²) < 4.78 is 7.35. The third kappa shape index (κ3) is 3.48. The summed E-state index contributed by atoms with van der Waals surface area (Å²) in [6.07, 6.45) is 3.86. The molecule has 0 saturated carbocycles. The Morgan fingerprint density at radius 3 is 2.88 bits per heavy atom. The highest BCUT2D eigenvalue weighted by Gasteiger charge is 2.36. The van der Waals surface area contributed by atoms with Gasteiger partial charge in [-0.3, -0.25) is 19.6 Å². The Balaban J connectivity index is 1.46. The van der Waals surface area contributed by atoms with E-state index in [0.717, 1.165) is 52.6 Å². The number of aromatic amines is 1. The zero-order chi connectivity index (χ0) is 23.2.